The topological polar surface area (TPSA) is 46.2 Å². The zero-order chi connectivity index (χ0) is 14.8. The van der Waals surface area contributed by atoms with Gasteiger partial charge in [-0.15, -0.1) is 11.8 Å². The number of hydrogen-bond donors (Lipinski definition) is 2. The maximum atomic E-state index is 9.63. The Hall–Kier alpha value is -1.03. The Balaban J connectivity index is 2.21. The molecule has 2 rings (SSSR count). The fraction of sp³-hybridized carbons (Fsp3) is 0.412. The molecule has 0 fully saturated rings. The summed E-state index contributed by atoms with van der Waals surface area (Å²) in [5.41, 5.74) is 6.27. The number of nitrogens with two attached hydrogens (primary N) is 1. The average molecular weight is 289 g/mol. The van der Waals surface area contributed by atoms with Crippen molar-refractivity contribution in [2.75, 3.05) is 6.61 Å². The molecule has 0 bridgehead atoms. The second-order valence-corrected chi connectivity index (χ2v) is 7.55. The highest BCUT2D eigenvalue weighted by Gasteiger charge is 2.29. The predicted molar refractivity (Wildman–Crippen MR) is 88.1 cm³/mol. The molecule has 0 heterocycles. The van der Waals surface area contributed by atoms with Gasteiger partial charge in [-0.2, -0.15) is 0 Å². The first kappa shape index (κ1) is 15.4. The van der Waals surface area contributed by atoms with Gasteiger partial charge in [-0.1, -0.05) is 51.1 Å². The Morgan fingerprint density at radius 3 is 2.35 bits per heavy atom. The molecule has 20 heavy (non-hydrogen) atoms. The van der Waals surface area contributed by atoms with E-state index in [1.54, 1.807) is 11.8 Å². The molecule has 3 heteroatoms. The molecule has 0 amide bonds. The van der Waals surface area contributed by atoms with E-state index in [2.05, 4.69) is 51.1 Å². The van der Waals surface area contributed by atoms with E-state index in [0.29, 0.717) is 0 Å². The van der Waals surface area contributed by atoms with Crippen molar-refractivity contribution in [1.29, 1.82) is 0 Å². The summed E-state index contributed by atoms with van der Waals surface area (Å²) in [7, 11) is 0. The molecular formula is C17H23NOS. The fourth-order valence-corrected chi connectivity index (χ4v) is 3.52. The molecule has 0 radical (unpaired) electrons. The molecule has 0 aliphatic carbocycles. The number of hydrogen-bond acceptors (Lipinski definition) is 3. The van der Waals surface area contributed by atoms with Gasteiger partial charge in [0.25, 0.3) is 0 Å². The zero-order valence-corrected chi connectivity index (χ0v) is 13.2. The minimum atomic E-state index is -0.0519. The van der Waals surface area contributed by atoms with E-state index in [4.69, 9.17) is 5.73 Å². The maximum Gasteiger partial charge on any atom is 0.0568 e. The van der Waals surface area contributed by atoms with Gasteiger partial charge in [-0.25, -0.2) is 0 Å². The van der Waals surface area contributed by atoms with Crippen LogP contribution in [0.15, 0.2) is 47.4 Å². The van der Waals surface area contributed by atoms with Crippen LogP contribution in [0.3, 0.4) is 0 Å². The number of benzene rings is 2. The SMILES string of the molecule is CC(C)(C)C(N)C(CO)Sc1ccc2ccccc2c1. The van der Waals surface area contributed by atoms with Gasteiger partial charge in [0.05, 0.1) is 6.61 Å². The summed E-state index contributed by atoms with van der Waals surface area (Å²) in [6, 6.07) is 14.6. The van der Waals surface area contributed by atoms with Crippen LogP contribution in [0.4, 0.5) is 0 Å². The first-order chi connectivity index (χ1) is 9.41. The Morgan fingerprint density at radius 2 is 1.75 bits per heavy atom. The molecule has 2 unspecified atom stereocenters. The molecule has 2 aromatic rings. The first-order valence-electron chi connectivity index (χ1n) is 6.94. The third kappa shape index (κ3) is 3.54. The quantitative estimate of drug-likeness (QED) is 0.844. The molecule has 0 aliphatic heterocycles. The van der Waals surface area contributed by atoms with Crippen LogP contribution in [0.5, 0.6) is 0 Å². The zero-order valence-electron chi connectivity index (χ0n) is 12.3. The van der Waals surface area contributed by atoms with Crippen LogP contribution in [0, 0.1) is 5.41 Å². The third-order valence-electron chi connectivity index (χ3n) is 3.59. The van der Waals surface area contributed by atoms with Gasteiger partial charge in [-0.05, 0) is 28.3 Å². The fourth-order valence-electron chi connectivity index (χ4n) is 2.20. The molecule has 0 saturated carbocycles. The van der Waals surface area contributed by atoms with E-state index < -0.39 is 0 Å². The van der Waals surface area contributed by atoms with Gasteiger partial charge < -0.3 is 10.8 Å². The molecule has 0 saturated heterocycles. The molecule has 2 aromatic carbocycles. The van der Waals surface area contributed by atoms with Crippen molar-refractivity contribution in [2.45, 2.75) is 37.0 Å². The lowest BCUT2D eigenvalue weighted by Crippen LogP contribution is -2.45. The number of aliphatic hydroxyl groups excluding tert-OH is 1. The van der Waals surface area contributed by atoms with E-state index >= 15 is 0 Å². The van der Waals surface area contributed by atoms with Gasteiger partial charge in [-0.3, -0.25) is 0 Å². The summed E-state index contributed by atoms with van der Waals surface area (Å²) in [6.45, 7) is 6.43. The highest BCUT2D eigenvalue weighted by Crippen LogP contribution is 2.32. The van der Waals surface area contributed by atoms with Crippen molar-refractivity contribution in [3.05, 3.63) is 42.5 Å². The average Bonchev–Trinajstić information content (AvgIpc) is 2.43. The Kier molecular flexibility index (Phi) is 4.74. The lowest BCUT2D eigenvalue weighted by atomic mass is 9.85. The van der Waals surface area contributed by atoms with Crippen LogP contribution in [-0.2, 0) is 0 Å². The molecule has 2 nitrogen and oxygen atoms in total. The highest BCUT2D eigenvalue weighted by molar-refractivity contribution is 8.00. The summed E-state index contributed by atoms with van der Waals surface area (Å²) in [5, 5.41) is 12.1. The van der Waals surface area contributed by atoms with E-state index in [0.717, 1.165) is 4.90 Å². The molecule has 2 atom stereocenters. The maximum absolute atomic E-state index is 9.63. The monoisotopic (exact) mass is 289 g/mol. The van der Waals surface area contributed by atoms with Crippen molar-refractivity contribution in [1.82, 2.24) is 0 Å². The second kappa shape index (κ2) is 6.17. The second-order valence-electron chi connectivity index (χ2n) is 6.24. The van der Waals surface area contributed by atoms with E-state index in [1.165, 1.54) is 10.8 Å². The van der Waals surface area contributed by atoms with E-state index in [1.807, 2.05) is 12.1 Å². The Bertz CT molecular complexity index is 576. The lowest BCUT2D eigenvalue weighted by molar-refractivity contribution is 0.233. The largest absolute Gasteiger partial charge is 0.395 e. The van der Waals surface area contributed by atoms with Gasteiger partial charge >= 0.3 is 0 Å². The van der Waals surface area contributed by atoms with Crippen molar-refractivity contribution in [3.8, 4) is 0 Å². The van der Waals surface area contributed by atoms with Crippen LogP contribution < -0.4 is 5.73 Å². The normalized spacial score (nSPS) is 15.2. The van der Waals surface area contributed by atoms with Gasteiger partial charge in [0, 0.05) is 16.2 Å². The predicted octanol–water partition coefficient (Wildman–Crippen LogP) is 3.67. The number of thioether (sulfide) groups is 1. The molecule has 0 spiro atoms. The standard InChI is InChI=1S/C17H23NOS/c1-17(2,3)16(18)15(11-19)20-14-9-8-12-6-4-5-7-13(12)10-14/h4-10,15-16,19H,11,18H2,1-3H3. The van der Waals surface area contributed by atoms with Gasteiger partial charge in [0.2, 0.25) is 0 Å². The summed E-state index contributed by atoms with van der Waals surface area (Å²) in [6.07, 6.45) is 0. The summed E-state index contributed by atoms with van der Waals surface area (Å²) < 4.78 is 0. The van der Waals surface area contributed by atoms with Crippen LogP contribution in [0.1, 0.15) is 20.8 Å². The molecule has 108 valence electrons. The number of fused-ring (bicyclic) bond motifs is 1. The molecule has 3 N–H and O–H groups in total. The molecular weight excluding hydrogens is 266 g/mol. The van der Waals surface area contributed by atoms with Crippen molar-refractivity contribution in [2.24, 2.45) is 11.1 Å². The smallest absolute Gasteiger partial charge is 0.0568 e. The Labute approximate surface area is 125 Å². The van der Waals surface area contributed by atoms with Crippen LogP contribution in [-0.4, -0.2) is 23.0 Å². The van der Waals surface area contributed by atoms with E-state index in [9.17, 15) is 5.11 Å². The summed E-state index contributed by atoms with van der Waals surface area (Å²) >= 11 is 1.66. The Morgan fingerprint density at radius 1 is 1.10 bits per heavy atom. The third-order valence-corrected chi connectivity index (χ3v) is 4.86. The van der Waals surface area contributed by atoms with Crippen LogP contribution in [0.2, 0.25) is 0 Å². The van der Waals surface area contributed by atoms with Crippen molar-refractivity contribution >= 4 is 22.5 Å². The number of aliphatic hydroxyl groups is 1. The van der Waals surface area contributed by atoms with Crippen LogP contribution in [0.25, 0.3) is 10.8 Å². The van der Waals surface area contributed by atoms with Gasteiger partial charge in [0.1, 0.15) is 0 Å². The molecule has 0 aliphatic rings. The van der Waals surface area contributed by atoms with Crippen molar-refractivity contribution in [3.63, 3.8) is 0 Å². The van der Waals surface area contributed by atoms with E-state index in [-0.39, 0.29) is 23.3 Å². The minimum absolute atomic E-state index is 0.0103. The minimum Gasteiger partial charge on any atom is -0.395 e. The summed E-state index contributed by atoms with van der Waals surface area (Å²) in [5.74, 6) is 0. The summed E-state index contributed by atoms with van der Waals surface area (Å²) in [4.78, 5) is 1.16. The van der Waals surface area contributed by atoms with Crippen molar-refractivity contribution < 1.29 is 5.11 Å². The van der Waals surface area contributed by atoms with Crippen LogP contribution >= 0.6 is 11.8 Å². The number of rotatable bonds is 4. The molecule has 0 aromatic heterocycles. The first-order valence-corrected chi connectivity index (χ1v) is 7.81. The highest BCUT2D eigenvalue weighted by atomic mass is 32.2. The lowest BCUT2D eigenvalue weighted by Gasteiger charge is -2.32. The van der Waals surface area contributed by atoms with Gasteiger partial charge in [0.15, 0.2) is 0 Å².